The van der Waals surface area contributed by atoms with Crippen LogP contribution in [0.2, 0.25) is 0 Å². The summed E-state index contributed by atoms with van der Waals surface area (Å²) in [6.07, 6.45) is 0. The van der Waals surface area contributed by atoms with Crippen LogP contribution in [0.5, 0.6) is 0 Å². The molecule has 0 aromatic carbocycles. The highest BCUT2D eigenvalue weighted by atomic mass is 79.9. The molecule has 0 fully saturated rings. The van der Waals surface area contributed by atoms with Gasteiger partial charge in [0.05, 0.1) is 11.4 Å². The Hall–Kier alpha value is 0.130. The molecule has 0 aliphatic carbocycles. The largest absolute Gasteiger partial charge is 0.350 e. The first-order valence-electron chi connectivity index (χ1n) is 4.65. The lowest BCUT2D eigenvalue weighted by Crippen LogP contribution is -2.33. The van der Waals surface area contributed by atoms with E-state index in [1.54, 1.807) is 11.3 Å². The average Bonchev–Trinajstić information content (AvgIpc) is 2.59. The Labute approximate surface area is 111 Å². The molecule has 1 rings (SSSR count). The molecule has 0 saturated heterocycles. The van der Waals surface area contributed by atoms with Gasteiger partial charge >= 0.3 is 0 Å². The van der Waals surface area contributed by atoms with Crippen molar-refractivity contribution in [3.8, 4) is 0 Å². The van der Waals surface area contributed by atoms with Gasteiger partial charge in [0.25, 0.3) is 0 Å². The zero-order valence-electron chi connectivity index (χ0n) is 8.59. The molecule has 2 nitrogen and oxygen atoms in total. The van der Waals surface area contributed by atoms with Gasteiger partial charge in [-0.2, -0.15) is 0 Å². The summed E-state index contributed by atoms with van der Waals surface area (Å²) in [4.78, 5) is 12.6. The van der Waals surface area contributed by atoms with Gasteiger partial charge in [0.15, 0.2) is 0 Å². The van der Waals surface area contributed by atoms with Crippen molar-refractivity contribution in [3.63, 3.8) is 0 Å². The van der Waals surface area contributed by atoms with Gasteiger partial charge in [-0.25, -0.2) is 0 Å². The van der Waals surface area contributed by atoms with E-state index in [2.05, 4.69) is 37.2 Å². The van der Waals surface area contributed by atoms with Gasteiger partial charge in [-0.05, 0) is 27.9 Å². The second kappa shape index (κ2) is 6.01. The van der Waals surface area contributed by atoms with E-state index >= 15 is 0 Å². The number of rotatable bonds is 4. The van der Waals surface area contributed by atoms with Crippen molar-refractivity contribution in [2.75, 3.05) is 0 Å². The van der Waals surface area contributed by atoms with Gasteiger partial charge in [0, 0.05) is 14.7 Å². The number of carbonyl (C=O) groups excluding carboxylic acids is 1. The second-order valence-corrected chi connectivity index (χ2v) is 6.49. The van der Waals surface area contributed by atoms with Crippen LogP contribution in [0.25, 0.3) is 0 Å². The van der Waals surface area contributed by atoms with Crippen LogP contribution < -0.4 is 5.32 Å². The van der Waals surface area contributed by atoms with Crippen LogP contribution in [-0.4, -0.2) is 10.7 Å². The minimum atomic E-state index is -0.110. The Balaban J connectivity index is 2.40. The molecule has 0 bridgehead atoms. The third-order valence-electron chi connectivity index (χ3n) is 1.89. The van der Waals surface area contributed by atoms with E-state index in [1.807, 2.05) is 25.3 Å². The van der Waals surface area contributed by atoms with Crippen molar-refractivity contribution < 1.29 is 4.79 Å². The van der Waals surface area contributed by atoms with Crippen LogP contribution in [0.4, 0.5) is 0 Å². The molecule has 15 heavy (non-hydrogen) atoms. The molecule has 0 aliphatic heterocycles. The maximum absolute atomic E-state index is 11.6. The third-order valence-corrected chi connectivity index (χ3v) is 5.07. The normalized spacial score (nSPS) is 12.9. The predicted molar refractivity (Wildman–Crippen MR) is 71.4 cm³/mol. The molecule has 5 heteroatoms. The Morgan fingerprint density at radius 2 is 2.27 bits per heavy atom. The molecule has 0 radical (unpaired) electrons. The summed E-state index contributed by atoms with van der Waals surface area (Å²) >= 11 is 8.38. The molecule has 1 aromatic heterocycles. The second-order valence-electron chi connectivity index (χ2n) is 3.59. The standard InChI is InChI=1S/C10H13Br2NOS/c1-6(2)9(12)10(14)13-4-8-3-7(11)5-15-8/h3,5-6,9H,4H2,1-2H3,(H,13,14). The molecule has 1 heterocycles. The summed E-state index contributed by atoms with van der Waals surface area (Å²) in [6.45, 7) is 4.63. The van der Waals surface area contributed by atoms with Crippen molar-refractivity contribution in [3.05, 3.63) is 20.8 Å². The van der Waals surface area contributed by atoms with Gasteiger partial charge in [-0.15, -0.1) is 11.3 Å². The van der Waals surface area contributed by atoms with Gasteiger partial charge in [0.2, 0.25) is 5.91 Å². The molecule has 1 N–H and O–H groups in total. The number of carbonyl (C=O) groups is 1. The van der Waals surface area contributed by atoms with E-state index in [9.17, 15) is 4.79 Å². The van der Waals surface area contributed by atoms with Crippen LogP contribution in [-0.2, 0) is 11.3 Å². The topological polar surface area (TPSA) is 29.1 Å². The van der Waals surface area contributed by atoms with Gasteiger partial charge in [0.1, 0.15) is 0 Å². The molecule has 1 unspecified atom stereocenters. The fraction of sp³-hybridized carbons (Fsp3) is 0.500. The number of nitrogens with one attached hydrogen (secondary N) is 1. The minimum Gasteiger partial charge on any atom is -0.350 e. The highest BCUT2D eigenvalue weighted by Gasteiger charge is 2.17. The highest BCUT2D eigenvalue weighted by molar-refractivity contribution is 9.10. The lowest BCUT2D eigenvalue weighted by molar-refractivity contribution is -0.121. The van der Waals surface area contributed by atoms with Crippen LogP contribution in [0.1, 0.15) is 18.7 Å². The molecule has 1 atom stereocenters. The van der Waals surface area contributed by atoms with Crippen LogP contribution in [0.3, 0.4) is 0 Å². The van der Waals surface area contributed by atoms with E-state index in [1.165, 1.54) is 0 Å². The molecule has 1 amide bonds. The molecular weight excluding hydrogens is 342 g/mol. The summed E-state index contributed by atoms with van der Waals surface area (Å²) in [5.74, 6) is 0.356. The maximum atomic E-state index is 11.6. The van der Waals surface area contributed by atoms with E-state index in [4.69, 9.17) is 0 Å². The zero-order valence-corrected chi connectivity index (χ0v) is 12.6. The van der Waals surface area contributed by atoms with Gasteiger partial charge in [-0.1, -0.05) is 29.8 Å². The van der Waals surface area contributed by atoms with E-state index in [0.717, 1.165) is 9.35 Å². The summed E-state index contributed by atoms with van der Waals surface area (Å²) in [6, 6.07) is 2.02. The summed E-state index contributed by atoms with van der Waals surface area (Å²) in [5.41, 5.74) is 0. The van der Waals surface area contributed by atoms with E-state index < -0.39 is 0 Å². The van der Waals surface area contributed by atoms with Crippen molar-refractivity contribution in [2.24, 2.45) is 5.92 Å². The van der Waals surface area contributed by atoms with Crippen LogP contribution in [0, 0.1) is 5.92 Å². The monoisotopic (exact) mass is 353 g/mol. The number of halogens is 2. The Kier molecular flexibility index (Phi) is 5.29. The number of thiophene rings is 1. The van der Waals surface area contributed by atoms with Gasteiger partial charge in [-0.3, -0.25) is 4.79 Å². The Bertz CT molecular complexity index is 338. The predicted octanol–water partition coefficient (Wildman–Crippen LogP) is 3.55. The Morgan fingerprint density at radius 1 is 1.60 bits per heavy atom. The van der Waals surface area contributed by atoms with Crippen LogP contribution >= 0.6 is 43.2 Å². The van der Waals surface area contributed by atoms with E-state index in [-0.39, 0.29) is 10.7 Å². The van der Waals surface area contributed by atoms with E-state index in [0.29, 0.717) is 12.5 Å². The molecular formula is C10H13Br2NOS. The number of hydrogen-bond donors (Lipinski definition) is 1. The molecule has 0 saturated carbocycles. The fourth-order valence-electron chi connectivity index (χ4n) is 1.02. The number of hydrogen-bond acceptors (Lipinski definition) is 2. The van der Waals surface area contributed by atoms with Gasteiger partial charge < -0.3 is 5.32 Å². The Morgan fingerprint density at radius 3 is 2.73 bits per heavy atom. The smallest absolute Gasteiger partial charge is 0.234 e. The molecule has 0 aliphatic rings. The van der Waals surface area contributed by atoms with Crippen molar-refractivity contribution in [1.29, 1.82) is 0 Å². The highest BCUT2D eigenvalue weighted by Crippen LogP contribution is 2.19. The molecule has 84 valence electrons. The first-order chi connectivity index (χ1) is 7.00. The lowest BCUT2D eigenvalue weighted by atomic mass is 10.1. The average molecular weight is 355 g/mol. The zero-order chi connectivity index (χ0) is 11.4. The first kappa shape index (κ1) is 13.2. The molecule has 1 aromatic rings. The van der Waals surface area contributed by atoms with Crippen LogP contribution in [0.15, 0.2) is 15.9 Å². The minimum absolute atomic E-state index is 0.0505. The molecule has 0 spiro atoms. The third kappa shape index (κ3) is 4.25. The first-order valence-corrected chi connectivity index (χ1v) is 7.24. The fourth-order valence-corrected chi connectivity index (χ4v) is 2.57. The SMILES string of the molecule is CC(C)C(Br)C(=O)NCc1cc(Br)cs1. The quantitative estimate of drug-likeness (QED) is 0.823. The van der Waals surface area contributed by atoms with Crippen molar-refractivity contribution in [1.82, 2.24) is 5.32 Å². The summed E-state index contributed by atoms with van der Waals surface area (Å²) in [5, 5.41) is 4.91. The number of alkyl halides is 1. The summed E-state index contributed by atoms with van der Waals surface area (Å²) < 4.78 is 1.07. The summed E-state index contributed by atoms with van der Waals surface area (Å²) in [7, 11) is 0. The van der Waals surface area contributed by atoms with Crippen molar-refractivity contribution in [2.45, 2.75) is 25.2 Å². The maximum Gasteiger partial charge on any atom is 0.234 e. The lowest BCUT2D eigenvalue weighted by Gasteiger charge is -2.13. The van der Waals surface area contributed by atoms with Crippen molar-refractivity contribution >= 4 is 49.1 Å². The number of amides is 1.